The number of piperidine rings is 1. The molecule has 1 spiro atoms. The van der Waals surface area contributed by atoms with Crippen molar-refractivity contribution < 1.29 is 4.79 Å². The standard InChI is InChI=1S/C19H30N6O.2ClH/c1-23(2)18-21-12-15-4-6-19(17(15)22-18)5-3-9-24(14-19)13-16(26)25-10-7-20-8-11-25;;/h12,20H,3-11,13-14H2,1-2H3;2*1H. The number of halogens is 2. The molecule has 0 saturated carbocycles. The second-order valence-corrected chi connectivity index (χ2v) is 8.16. The smallest absolute Gasteiger partial charge is 0.236 e. The van der Waals surface area contributed by atoms with E-state index in [-0.39, 0.29) is 36.1 Å². The highest BCUT2D eigenvalue weighted by atomic mass is 35.5. The summed E-state index contributed by atoms with van der Waals surface area (Å²) < 4.78 is 0. The second-order valence-electron chi connectivity index (χ2n) is 8.16. The van der Waals surface area contributed by atoms with E-state index in [4.69, 9.17) is 4.98 Å². The van der Waals surface area contributed by atoms with Crippen LogP contribution >= 0.6 is 24.8 Å². The molecule has 2 saturated heterocycles. The van der Waals surface area contributed by atoms with Gasteiger partial charge in [-0.3, -0.25) is 9.69 Å². The number of rotatable bonds is 3. The number of hydrogen-bond acceptors (Lipinski definition) is 6. The molecule has 28 heavy (non-hydrogen) atoms. The molecule has 1 N–H and O–H groups in total. The van der Waals surface area contributed by atoms with E-state index >= 15 is 0 Å². The minimum Gasteiger partial charge on any atom is -0.347 e. The van der Waals surface area contributed by atoms with Crippen LogP contribution < -0.4 is 10.2 Å². The predicted octanol–water partition coefficient (Wildman–Crippen LogP) is 1.10. The van der Waals surface area contributed by atoms with Crippen molar-refractivity contribution in [3.05, 3.63) is 17.5 Å². The molecule has 0 bridgehead atoms. The quantitative estimate of drug-likeness (QED) is 0.774. The maximum absolute atomic E-state index is 12.7. The zero-order valence-corrected chi connectivity index (χ0v) is 18.4. The van der Waals surface area contributed by atoms with Crippen LogP contribution in [0.15, 0.2) is 6.20 Å². The van der Waals surface area contributed by atoms with Gasteiger partial charge in [0.25, 0.3) is 0 Å². The average Bonchev–Trinajstić information content (AvgIpc) is 3.00. The summed E-state index contributed by atoms with van der Waals surface area (Å²) in [7, 11) is 3.98. The fraction of sp³-hybridized carbons (Fsp3) is 0.737. The number of anilines is 1. The first kappa shape index (κ1) is 23.1. The number of nitrogens with zero attached hydrogens (tertiary/aromatic N) is 5. The third kappa shape index (κ3) is 4.53. The number of amides is 1. The summed E-state index contributed by atoms with van der Waals surface area (Å²) in [4.78, 5) is 28.4. The van der Waals surface area contributed by atoms with Crippen LogP contribution in [0.3, 0.4) is 0 Å². The molecule has 7 nitrogen and oxygen atoms in total. The lowest BCUT2D eigenvalue weighted by Crippen LogP contribution is -2.52. The average molecular weight is 431 g/mol. The Bertz CT molecular complexity index is 678. The Kier molecular flexibility index (Phi) is 7.90. The summed E-state index contributed by atoms with van der Waals surface area (Å²) >= 11 is 0. The minimum absolute atomic E-state index is 0. The summed E-state index contributed by atoms with van der Waals surface area (Å²) in [5.74, 6) is 1.07. The van der Waals surface area contributed by atoms with E-state index in [2.05, 4.69) is 15.2 Å². The van der Waals surface area contributed by atoms with Crippen LogP contribution in [0.2, 0.25) is 0 Å². The van der Waals surface area contributed by atoms with Gasteiger partial charge in [-0.25, -0.2) is 9.97 Å². The summed E-state index contributed by atoms with van der Waals surface area (Å²) in [6.07, 6.45) is 6.50. The highest BCUT2D eigenvalue weighted by molar-refractivity contribution is 5.85. The van der Waals surface area contributed by atoms with E-state index in [0.29, 0.717) is 6.54 Å². The Morgan fingerprint density at radius 3 is 2.68 bits per heavy atom. The van der Waals surface area contributed by atoms with Crippen molar-refractivity contribution in [2.24, 2.45) is 0 Å². The van der Waals surface area contributed by atoms with Gasteiger partial charge in [0.15, 0.2) is 0 Å². The minimum atomic E-state index is 0. The molecule has 1 aromatic rings. The van der Waals surface area contributed by atoms with Crippen LogP contribution in [0, 0.1) is 0 Å². The molecule has 0 radical (unpaired) electrons. The van der Waals surface area contributed by atoms with Crippen LogP contribution in [-0.2, 0) is 16.6 Å². The fourth-order valence-corrected chi connectivity index (χ4v) is 4.71. The van der Waals surface area contributed by atoms with Gasteiger partial charge in [0.2, 0.25) is 11.9 Å². The molecule has 4 rings (SSSR count). The fourth-order valence-electron chi connectivity index (χ4n) is 4.71. The lowest BCUT2D eigenvalue weighted by molar-refractivity contribution is -0.133. The van der Waals surface area contributed by atoms with Gasteiger partial charge in [-0.15, -0.1) is 24.8 Å². The van der Waals surface area contributed by atoms with E-state index in [1.54, 1.807) is 0 Å². The van der Waals surface area contributed by atoms with Gasteiger partial charge in [0.05, 0.1) is 12.2 Å². The molecule has 1 unspecified atom stereocenters. The Morgan fingerprint density at radius 2 is 1.96 bits per heavy atom. The van der Waals surface area contributed by atoms with Crippen LogP contribution in [-0.4, -0.2) is 85.6 Å². The van der Waals surface area contributed by atoms with E-state index in [9.17, 15) is 4.79 Å². The molecule has 0 aromatic carbocycles. The highest BCUT2D eigenvalue weighted by Gasteiger charge is 2.44. The zero-order chi connectivity index (χ0) is 18.1. The molecule has 9 heteroatoms. The number of carbonyl (C=O) groups is 1. The van der Waals surface area contributed by atoms with Gasteiger partial charge in [0.1, 0.15) is 0 Å². The van der Waals surface area contributed by atoms with Crippen LogP contribution in [0.1, 0.15) is 30.5 Å². The van der Waals surface area contributed by atoms with Crippen LogP contribution in [0.5, 0.6) is 0 Å². The second kappa shape index (κ2) is 9.57. The van der Waals surface area contributed by atoms with E-state index in [1.807, 2.05) is 30.1 Å². The van der Waals surface area contributed by atoms with Gasteiger partial charge in [-0.05, 0) is 37.8 Å². The van der Waals surface area contributed by atoms with Gasteiger partial charge in [-0.1, -0.05) is 0 Å². The van der Waals surface area contributed by atoms with Crippen molar-refractivity contribution in [3.63, 3.8) is 0 Å². The first-order chi connectivity index (χ1) is 12.6. The van der Waals surface area contributed by atoms with Gasteiger partial charge in [-0.2, -0.15) is 0 Å². The topological polar surface area (TPSA) is 64.6 Å². The summed E-state index contributed by atoms with van der Waals surface area (Å²) in [6.45, 7) is 5.99. The van der Waals surface area contributed by atoms with Gasteiger partial charge < -0.3 is 15.1 Å². The SMILES string of the molecule is CN(C)c1ncc2c(n1)C1(CCCN(CC(=O)N3CCNCC3)C1)CC2.Cl.Cl. The molecular weight excluding hydrogens is 399 g/mol. The van der Waals surface area contributed by atoms with E-state index in [1.165, 1.54) is 17.7 Å². The van der Waals surface area contributed by atoms with E-state index in [0.717, 1.165) is 64.5 Å². The van der Waals surface area contributed by atoms with Crippen molar-refractivity contribution in [3.8, 4) is 0 Å². The van der Waals surface area contributed by atoms with Gasteiger partial charge in [0, 0.05) is 58.4 Å². The number of nitrogens with one attached hydrogen (secondary N) is 1. The third-order valence-electron chi connectivity index (χ3n) is 6.11. The Hall–Kier alpha value is -1.15. The maximum atomic E-state index is 12.7. The van der Waals surface area contributed by atoms with Crippen molar-refractivity contribution in [1.82, 2.24) is 25.1 Å². The maximum Gasteiger partial charge on any atom is 0.236 e. The number of fused-ring (bicyclic) bond motifs is 2. The number of likely N-dealkylation sites (tertiary alicyclic amines) is 1. The third-order valence-corrected chi connectivity index (χ3v) is 6.11. The molecule has 2 aliphatic heterocycles. The largest absolute Gasteiger partial charge is 0.347 e. The molecule has 1 amide bonds. The van der Waals surface area contributed by atoms with Crippen molar-refractivity contribution in [1.29, 1.82) is 0 Å². The number of piperazine rings is 1. The number of hydrogen-bond donors (Lipinski definition) is 1. The zero-order valence-electron chi connectivity index (χ0n) is 16.8. The molecule has 1 aromatic heterocycles. The molecule has 3 aliphatic rings. The van der Waals surface area contributed by atoms with Crippen molar-refractivity contribution in [2.75, 3.05) is 64.8 Å². The Morgan fingerprint density at radius 1 is 1.21 bits per heavy atom. The van der Waals surface area contributed by atoms with Crippen molar-refractivity contribution >= 4 is 36.7 Å². The summed E-state index contributed by atoms with van der Waals surface area (Å²) in [5.41, 5.74) is 2.63. The lowest BCUT2D eigenvalue weighted by Gasteiger charge is -2.41. The normalized spacial score (nSPS) is 24.3. The monoisotopic (exact) mass is 430 g/mol. The molecule has 2 fully saturated rings. The first-order valence-electron chi connectivity index (χ1n) is 9.82. The Balaban J connectivity index is 0.00000140. The highest BCUT2D eigenvalue weighted by Crippen LogP contribution is 2.44. The Labute approximate surface area is 180 Å². The first-order valence-corrected chi connectivity index (χ1v) is 9.82. The van der Waals surface area contributed by atoms with Crippen LogP contribution in [0.25, 0.3) is 0 Å². The number of aryl methyl sites for hydroxylation is 1. The molecule has 1 atom stereocenters. The lowest BCUT2D eigenvalue weighted by atomic mass is 9.77. The predicted molar refractivity (Wildman–Crippen MR) is 116 cm³/mol. The molecule has 1 aliphatic carbocycles. The van der Waals surface area contributed by atoms with Crippen LogP contribution in [0.4, 0.5) is 5.95 Å². The number of aromatic nitrogens is 2. The summed E-state index contributed by atoms with van der Waals surface area (Å²) in [5, 5.41) is 3.31. The summed E-state index contributed by atoms with van der Waals surface area (Å²) in [6, 6.07) is 0. The van der Waals surface area contributed by atoms with Crippen molar-refractivity contribution in [2.45, 2.75) is 31.1 Å². The van der Waals surface area contributed by atoms with E-state index < -0.39 is 0 Å². The molecular formula is C19H32Cl2N6O. The molecule has 158 valence electrons. The van der Waals surface area contributed by atoms with Gasteiger partial charge >= 0.3 is 0 Å². The molecule has 3 heterocycles. The number of carbonyl (C=O) groups excluding carboxylic acids is 1.